The molecular formula is C22H18O5. The molecule has 27 heavy (non-hydrogen) atoms. The Labute approximate surface area is 156 Å². The van der Waals surface area contributed by atoms with Gasteiger partial charge in [-0.15, -0.1) is 0 Å². The van der Waals surface area contributed by atoms with Crippen molar-refractivity contribution in [3.63, 3.8) is 0 Å². The molecular weight excluding hydrogens is 344 g/mol. The number of fused-ring (bicyclic) bond motifs is 1. The van der Waals surface area contributed by atoms with Gasteiger partial charge in [0.1, 0.15) is 18.1 Å². The van der Waals surface area contributed by atoms with Gasteiger partial charge in [-0.3, -0.25) is 4.79 Å². The Morgan fingerprint density at radius 3 is 2.19 bits per heavy atom. The molecule has 0 amide bonds. The van der Waals surface area contributed by atoms with E-state index in [1.165, 1.54) is 5.56 Å². The van der Waals surface area contributed by atoms with Gasteiger partial charge in [0.2, 0.25) is 6.10 Å². The number of carbonyl (C=O) groups excluding carboxylic acids is 1. The largest absolute Gasteiger partial charge is 0.488 e. The predicted molar refractivity (Wildman–Crippen MR) is 100 cm³/mol. The quantitative estimate of drug-likeness (QED) is 0.686. The molecule has 0 aromatic heterocycles. The topological polar surface area (TPSA) is 72.8 Å². The maximum Gasteiger partial charge on any atom is 0.349 e. The summed E-state index contributed by atoms with van der Waals surface area (Å²) in [6.07, 6.45) is -0.499. The van der Waals surface area contributed by atoms with Gasteiger partial charge >= 0.3 is 5.97 Å². The van der Waals surface area contributed by atoms with Gasteiger partial charge in [0, 0.05) is 11.1 Å². The maximum atomic E-state index is 11.3. The monoisotopic (exact) mass is 362 g/mol. The number of hydrogen-bond acceptors (Lipinski definition) is 4. The van der Waals surface area contributed by atoms with Crippen molar-refractivity contribution in [3.8, 4) is 11.5 Å². The van der Waals surface area contributed by atoms with Gasteiger partial charge in [-0.05, 0) is 18.2 Å². The second-order valence-corrected chi connectivity index (χ2v) is 5.80. The molecule has 3 aromatic carbocycles. The van der Waals surface area contributed by atoms with Crippen molar-refractivity contribution in [1.29, 1.82) is 0 Å². The zero-order chi connectivity index (χ0) is 19.1. The van der Waals surface area contributed by atoms with Crippen LogP contribution in [0.5, 0.6) is 11.5 Å². The lowest BCUT2D eigenvalue weighted by Crippen LogP contribution is -2.18. The number of aldehydes is 1. The molecule has 0 spiro atoms. The molecule has 1 atom stereocenters. The third kappa shape index (κ3) is 4.52. The second-order valence-electron chi connectivity index (χ2n) is 5.80. The van der Waals surface area contributed by atoms with Crippen LogP contribution in [0.1, 0.15) is 27.6 Å². The standard InChI is InChI=1S/C15H12O4.C7H6O/c16-10-12-8-4-5-9-13(12)19-14(15(17)18)11-6-2-1-3-7-11;1-2-4-7-6(3-1)5-8-7/h1-10,14H,(H,17,18);1-4H,5H2. The average molecular weight is 362 g/mol. The van der Waals surface area contributed by atoms with Gasteiger partial charge in [-0.25, -0.2) is 4.79 Å². The van der Waals surface area contributed by atoms with Gasteiger partial charge in [0.05, 0.1) is 5.56 Å². The van der Waals surface area contributed by atoms with Crippen LogP contribution in [0.4, 0.5) is 0 Å². The summed E-state index contributed by atoms with van der Waals surface area (Å²) in [6.45, 7) is 0.802. The van der Waals surface area contributed by atoms with E-state index in [2.05, 4.69) is 6.07 Å². The van der Waals surface area contributed by atoms with Crippen molar-refractivity contribution in [1.82, 2.24) is 0 Å². The zero-order valence-corrected chi connectivity index (χ0v) is 14.4. The number of carboxylic acid groups (broad SMARTS) is 1. The molecule has 0 bridgehead atoms. The van der Waals surface area contributed by atoms with Crippen molar-refractivity contribution in [3.05, 3.63) is 95.6 Å². The molecule has 0 aliphatic carbocycles. The Balaban J connectivity index is 0.000000216. The number of aliphatic carboxylic acids is 1. The molecule has 0 saturated heterocycles. The highest BCUT2D eigenvalue weighted by molar-refractivity contribution is 5.80. The van der Waals surface area contributed by atoms with E-state index in [0.717, 1.165) is 12.4 Å². The Morgan fingerprint density at radius 2 is 1.63 bits per heavy atom. The minimum Gasteiger partial charge on any atom is -0.488 e. The number of para-hydroxylation sites is 2. The Hall–Kier alpha value is -3.60. The Kier molecular flexibility index (Phi) is 5.84. The highest BCUT2D eigenvalue weighted by atomic mass is 16.5. The minimum absolute atomic E-state index is 0.258. The minimum atomic E-state index is -1.14. The smallest absolute Gasteiger partial charge is 0.349 e. The fraction of sp³-hybridized carbons (Fsp3) is 0.0909. The zero-order valence-electron chi connectivity index (χ0n) is 14.4. The Bertz CT molecular complexity index is 898. The molecule has 1 heterocycles. The first-order valence-electron chi connectivity index (χ1n) is 8.38. The van der Waals surface area contributed by atoms with Crippen LogP contribution < -0.4 is 9.47 Å². The first-order valence-corrected chi connectivity index (χ1v) is 8.38. The number of carbonyl (C=O) groups is 2. The first-order chi connectivity index (χ1) is 13.2. The molecule has 1 unspecified atom stereocenters. The van der Waals surface area contributed by atoms with E-state index in [1.807, 2.05) is 18.2 Å². The molecule has 5 nitrogen and oxygen atoms in total. The molecule has 136 valence electrons. The second kappa shape index (κ2) is 8.67. The summed E-state index contributed by atoms with van der Waals surface area (Å²) in [6, 6.07) is 23.2. The van der Waals surface area contributed by atoms with Crippen molar-refractivity contribution in [2.24, 2.45) is 0 Å². The molecule has 1 N–H and O–H groups in total. The molecule has 3 aromatic rings. The van der Waals surface area contributed by atoms with Crippen LogP contribution >= 0.6 is 0 Å². The van der Waals surface area contributed by atoms with E-state index in [-0.39, 0.29) is 5.75 Å². The summed E-state index contributed by atoms with van der Waals surface area (Å²) < 4.78 is 10.5. The Morgan fingerprint density at radius 1 is 0.963 bits per heavy atom. The van der Waals surface area contributed by atoms with Crippen LogP contribution in [-0.4, -0.2) is 17.4 Å². The molecule has 1 aliphatic heterocycles. The van der Waals surface area contributed by atoms with E-state index < -0.39 is 12.1 Å². The summed E-state index contributed by atoms with van der Waals surface area (Å²) in [7, 11) is 0. The normalized spacial score (nSPS) is 12.1. The lowest BCUT2D eigenvalue weighted by molar-refractivity contribution is -0.145. The summed E-state index contributed by atoms with van der Waals surface area (Å²) in [5.74, 6) is 0.202. The van der Waals surface area contributed by atoms with E-state index in [0.29, 0.717) is 17.4 Å². The summed E-state index contributed by atoms with van der Waals surface area (Å²) in [5.41, 5.74) is 2.17. The number of ether oxygens (including phenoxy) is 2. The summed E-state index contributed by atoms with van der Waals surface area (Å²) >= 11 is 0. The van der Waals surface area contributed by atoms with Crippen molar-refractivity contribution in [2.45, 2.75) is 12.7 Å². The third-order valence-corrected chi connectivity index (χ3v) is 3.97. The predicted octanol–water partition coefficient (Wildman–Crippen LogP) is 4.28. The van der Waals surface area contributed by atoms with Crippen LogP contribution in [0.25, 0.3) is 0 Å². The van der Waals surface area contributed by atoms with Crippen molar-refractivity contribution >= 4 is 12.3 Å². The molecule has 4 rings (SSSR count). The van der Waals surface area contributed by atoms with E-state index in [1.54, 1.807) is 54.6 Å². The molecule has 0 radical (unpaired) electrons. The van der Waals surface area contributed by atoms with Crippen LogP contribution in [0.3, 0.4) is 0 Å². The summed E-state index contributed by atoms with van der Waals surface area (Å²) in [4.78, 5) is 22.2. The van der Waals surface area contributed by atoms with Crippen LogP contribution in [0.2, 0.25) is 0 Å². The average Bonchev–Trinajstić information content (AvgIpc) is 2.68. The van der Waals surface area contributed by atoms with Gasteiger partial charge in [0.15, 0.2) is 6.29 Å². The number of carboxylic acids is 1. The van der Waals surface area contributed by atoms with Crippen molar-refractivity contribution < 1.29 is 24.2 Å². The highest BCUT2D eigenvalue weighted by Gasteiger charge is 2.22. The lowest BCUT2D eigenvalue weighted by atomic mass is 10.1. The van der Waals surface area contributed by atoms with Gasteiger partial charge in [0.25, 0.3) is 0 Å². The first kappa shape index (κ1) is 18.2. The number of rotatable bonds is 5. The SMILES string of the molecule is O=Cc1ccccc1OC(C(=O)O)c1ccccc1.c1ccc2c(c1)CO2. The molecule has 5 heteroatoms. The van der Waals surface area contributed by atoms with Crippen LogP contribution in [0, 0.1) is 0 Å². The maximum absolute atomic E-state index is 11.3. The highest BCUT2D eigenvalue weighted by Crippen LogP contribution is 2.27. The third-order valence-electron chi connectivity index (χ3n) is 3.97. The van der Waals surface area contributed by atoms with Gasteiger partial charge in [-0.1, -0.05) is 60.7 Å². The van der Waals surface area contributed by atoms with E-state index in [4.69, 9.17) is 9.47 Å². The van der Waals surface area contributed by atoms with Crippen molar-refractivity contribution in [2.75, 3.05) is 0 Å². The number of benzene rings is 3. The molecule has 0 fully saturated rings. The van der Waals surface area contributed by atoms with Crippen LogP contribution in [-0.2, 0) is 11.4 Å². The van der Waals surface area contributed by atoms with Crippen LogP contribution in [0.15, 0.2) is 78.9 Å². The lowest BCUT2D eigenvalue weighted by Gasteiger charge is -2.18. The molecule has 1 aliphatic rings. The van der Waals surface area contributed by atoms with E-state index in [9.17, 15) is 14.7 Å². The number of hydrogen-bond donors (Lipinski definition) is 1. The fourth-order valence-electron chi connectivity index (χ4n) is 2.54. The summed E-state index contributed by atoms with van der Waals surface area (Å²) in [5, 5.41) is 9.24. The van der Waals surface area contributed by atoms with Gasteiger partial charge in [-0.2, -0.15) is 0 Å². The fourth-order valence-corrected chi connectivity index (χ4v) is 2.54. The molecule has 0 saturated carbocycles. The van der Waals surface area contributed by atoms with E-state index >= 15 is 0 Å². The van der Waals surface area contributed by atoms with Gasteiger partial charge < -0.3 is 14.6 Å².